The average Bonchev–Trinajstić information content (AvgIpc) is 2.26. The second-order valence-corrected chi connectivity index (χ2v) is 3.36. The maximum absolute atomic E-state index is 10.8. The van der Waals surface area contributed by atoms with Crippen LogP contribution < -0.4 is 0 Å². The van der Waals surface area contributed by atoms with Crippen LogP contribution >= 0.6 is 0 Å². The van der Waals surface area contributed by atoms with E-state index in [-0.39, 0.29) is 0 Å². The summed E-state index contributed by atoms with van der Waals surface area (Å²) in [6, 6.07) is 0. The molecule has 88 valence electrons. The minimum absolute atomic E-state index is 0.608. The van der Waals surface area contributed by atoms with Crippen molar-refractivity contribution in [1.29, 1.82) is 0 Å². The van der Waals surface area contributed by atoms with Gasteiger partial charge in [0.1, 0.15) is 0 Å². The highest BCUT2D eigenvalue weighted by Gasteiger charge is 2.13. The van der Waals surface area contributed by atoms with Gasteiger partial charge < -0.3 is 14.9 Å². The van der Waals surface area contributed by atoms with Crippen molar-refractivity contribution in [3.8, 4) is 0 Å². The highest BCUT2D eigenvalue weighted by atomic mass is 16.5. The molecule has 0 aliphatic carbocycles. The highest BCUT2D eigenvalue weighted by molar-refractivity contribution is 5.74. The first kappa shape index (κ1) is 14.1. The largest absolute Gasteiger partial charge is 0.433 e. The van der Waals surface area contributed by atoms with E-state index >= 15 is 0 Å². The molecule has 4 nitrogen and oxygen atoms in total. The van der Waals surface area contributed by atoms with Crippen molar-refractivity contribution in [1.82, 2.24) is 0 Å². The summed E-state index contributed by atoms with van der Waals surface area (Å²) in [5, 5.41) is 17.3. The Labute approximate surface area is 90.6 Å². The summed E-state index contributed by atoms with van der Waals surface area (Å²) in [4.78, 5) is 10.8. The van der Waals surface area contributed by atoms with Crippen molar-refractivity contribution in [2.75, 3.05) is 6.61 Å². The Bertz CT molecular complexity index is 189. The zero-order chi connectivity index (χ0) is 11.5. The molecule has 0 saturated carbocycles. The molecule has 4 heteroatoms. The Kier molecular flexibility index (Phi) is 9.11. The minimum Gasteiger partial charge on any atom is -0.433 e. The molecule has 0 aliphatic heterocycles. The van der Waals surface area contributed by atoms with Crippen molar-refractivity contribution in [2.24, 2.45) is 0 Å². The number of unbranched alkanes of at least 4 members (excludes halogenated alkanes) is 4. The summed E-state index contributed by atoms with van der Waals surface area (Å²) in [5.41, 5.74) is 0. The van der Waals surface area contributed by atoms with Crippen LogP contribution in [0.5, 0.6) is 0 Å². The quantitative estimate of drug-likeness (QED) is 0.365. The van der Waals surface area contributed by atoms with Gasteiger partial charge in [-0.05, 0) is 18.9 Å². The second-order valence-electron chi connectivity index (χ2n) is 3.36. The molecule has 0 fully saturated rings. The first-order valence-corrected chi connectivity index (χ1v) is 5.36. The first-order chi connectivity index (χ1) is 7.22. The molecule has 0 aromatic carbocycles. The monoisotopic (exact) mass is 216 g/mol. The van der Waals surface area contributed by atoms with Crippen LogP contribution in [-0.4, -0.2) is 28.9 Å². The SMILES string of the molecule is CCCCCC/C=C/OC(=O)C(O)CO. The highest BCUT2D eigenvalue weighted by Crippen LogP contribution is 2.03. The third-order valence-electron chi connectivity index (χ3n) is 1.95. The van der Waals surface area contributed by atoms with Crippen LogP contribution in [-0.2, 0) is 9.53 Å². The fourth-order valence-corrected chi connectivity index (χ4v) is 1.03. The van der Waals surface area contributed by atoms with Crippen LogP contribution in [0.2, 0.25) is 0 Å². The van der Waals surface area contributed by atoms with Crippen molar-refractivity contribution >= 4 is 5.97 Å². The Morgan fingerprint density at radius 1 is 1.40 bits per heavy atom. The van der Waals surface area contributed by atoms with Crippen molar-refractivity contribution in [3.63, 3.8) is 0 Å². The van der Waals surface area contributed by atoms with E-state index in [0.717, 1.165) is 12.8 Å². The van der Waals surface area contributed by atoms with Gasteiger partial charge in [0.2, 0.25) is 0 Å². The number of aliphatic hydroxyl groups is 2. The zero-order valence-electron chi connectivity index (χ0n) is 9.19. The molecule has 1 atom stereocenters. The third-order valence-corrected chi connectivity index (χ3v) is 1.95. The number of hydrogen-bond donors (Lipinski definition) is 2. The zero-order valence-corrected chi connectivity index (χ0v) is 9.19. The predicted octanol–water partition coefficient (Wildman–Crippen LogP) is 1.37. The van der Waals surface area contributed by atoms with E-state index in [4.69, 9.17) is 10.2 Å². The van der Waals surface area contributed by atoms with Gasteiger partial charge in [0.15, 0.2) is 6.10 Å². The maximum Gasteiger partial charge on any atom is 0.342 e. The van der Waals surface area contributed by atoms with Gasteiger partial charge in [-0.1, -0.05) is 26.2 Å². The molecule has 2 N–H and O–H groups in total. The molecular weight excluding hydrogens is 196 g/mol. The normalized spacial score (nSPS) is 13.0. The fraction of sp³-hybridized carbons (Fsp3) is 0.727. The van der Waals surface area contributed by atoms with Gasteiger partial charge in [-0.15, -0.1) is 0 Å². The van der Waals surface area contributed by atoms with Crippen LogP contribution in [0.1, 0.15) is 39.0 Å². The summed E-state index contributed by atoms with van der Waals surface area (Å²) < 4.78 is 4.57. The smallest absolute Gasteiger partial charge is 0.342 e. The number of carbonyl (C=O) groups excluding carboxylic acids is 1. The van der Waals surface area contributed by atoms with Gasteiger partial charge in [0.05, 0.1) is 12.9 Å². The summed E-state index contributed by atoms with van der Waals surface area (Å²) in [6.07, 6.45) is 7.11. The lowest BCUT2D eigenvalue weighted by Gasteiger charge is -2.03. The Hall–Kier alpha value is -0.870. The van der Waals surface area contributed by atoms with Gasteiger partial charge >= 0.3 is 5.97 Å². The molecule has 0 amide bonds. The van der Waals surface area contributed by atoms with Gasteiger partial charge in [-0.2, -0.15) is 0 Å². The van der Waals surface area contributed by atoms with Gasteiger partial charge in [-0.25, -0.2) is 4.79 Å². The molecule has 15 heavy (non-hydrogen) atoms. The summed E-state index contributed by atoms with van der Waals surface area (Å²) in [5.74, 6) is -0.817. The van der Waals surface area contributed by atoms with Crippen LogP contribution in [0.4, 0.5) is 0 Å². The number of rotatable bonds is 8. The van der Waals surface area contributed by atoms with Crippen LogP contribution in [0.3, 0.4) is 0 Å². The lowest BCUT2D eigenvalue weighted by Crippen LogP contribution is -2.24. The summed E-state index contributed by atoms with van der Waals surface area (Å²) in [7, 11) is 0. The average molecular weight is 216 g/mol. The number of aliphatic hydroxyl groups excluding tert-OH is 2. The van der Waals surface area contributed by atoms with Crippen LogP contribution in [0.15, 0.2) is 12.3 Å². The molecule has 0 spiro atoms. The van der Waals surface area contributed by atoms with E-state index in [2.05, 4.69) is 11.7 Å². The number of ether oxygens (including phenoxy) is 1. The fourth-order valence-electron chi connectivity index (χ4n) is 1.03. The Balaban J connectivity index is 3.41. The standard InChI is InChI=1S/C11H20O4/c1-2-3-4-5-6-7-8-15-11(14)10(13)9-12/h7-8,10,12-13H,2-6,9H2,1H3/b8-7+. The predicted molar refractivity (Wildman–Crippen MR) is 57.1 cm³/mol. The molecule has 0 bridgehead atoms. The van der Waals surface area contributed by atoms with Crippen molar-refractivity contribution < 1.29 is 19.7 Å². The van der Waals surface area contributed by atoms with E-state index in [9.17, 15) is 4.79 Å². The number of allylic oxidation sites excluding steroid dienone is 1. The number of carbonyl (C=O) groups is 1. The molecule has 0 saturated heterocycles. The molecule has 1 unspecified atom stereocenters. The third kappa shape index (κ3) is 8.15. The molecule has 0 radical (unpaired) electrons. The minimum atomic E-state index is -1.44. The van der Waals surface area contributed by atoms with Gasteiger partial charge in [0.25, 0.3) is 0 Å². The number of esters is 1. The first-order valence-electron chi connectivity index (χ1n) is 5.36. The Morgan fingerprint density at radius 3 is 2.73 bits per heavy atom. The summed E-state index contributed by atoms with van der Waals surface area (Å²) >= 11 is 0. The van der Waals surface area contributed by atoms with Gasteiger partial charge in [0, 0.05) is 0 Å². The van der Waals surface area contributed by atoms with Crippen molar-refractivity contribution in [3.05, 3.63) is 12.3 Å². The van der Waals surface area contributed by atoms with E-state index < -0.39 is 18.7 Å². The van der Waals surface area contributed by atoms with E-state index in [1.54, 1.807) is 6.08 Å². The molecule has 0 heterocycles. The van der Waals surface area contributed by atoms with Crippen LogP contribution in [0, 0.1) is 0 Å². The summed E-state index contributed by atoms with van der Waals surface area (Å²) in [6.45, 7) is 1.54. The molecular formula is C11H20O4. The van der Waals surface area contributed by atoms with E-state index in [1.165, 1.54) is 25.5 Å². The molecule has 0 rings (SSSR count). The Morgan fingerprint density at radius 2 is 2.13 bits per heavy atom. The van der Waals surface area contributed by atoms with Crippen LogP contribution in [0.25, 0.3) is 0 Å². The molecule has 0 aromatic rings. The molecule has 0 aliphatic rings. The number of hydrogen-bond acceptors (Lipinski definition) is 4. The van der Waals surface area contributed by atoms with E-state index in [1.807, 2.05) is 0 Å². The van der Waals surface area contributed by atoms with Gasteiger partial charge in [-0.3, -0.25) is 0 Å². The topological polar surface area (TPSA) is 66.8 Å². The lowest BCUT2D eigenvalue weighted by molar-refractivity contribution is -0.149. The second kappa shape index (κ2) is 9.68. The van der Waals surface area contributed by atoms with Crippen molar-refractivity contribution in [2.45, 2.75) is 45.1 Å². The van der Waals surface area contributed by atoms with E-state index in [0.29, 0.717) is 0 Å². The molecule has 0 aromatic heterocycles. The maximum atomic E-state index is 10.8. The lowest BCUT2D eigenvalue weighted by atomic mass is 10.1.